The standard InChI is InChI=1S/C15H23NO2/c1-4-8-16-15-11(3)10-18-14-7-6-12(17-5-2)9-13(14)15/h6-7,9,11,15-16H,4-5,8,10H2,1-3H3. The molecule has 1 aliphatic heterocycles. The predicted octanol–water partition coefficient (Wildman–Crippen LogP) is 3.15. The van der Waals surface area contributed by atoms with Crippen LogP contribution in [0.3, 0.4) is 0 Å². The van der Waals surface area contributed by atoms with Crippen molar-refractivity contribution in [2.75, 3.05) is 19.8 Å². The zero-order valence-electron chi connectivity index (χ0n) is 11.5. The van der Waals surface area contributed by atoms with E-state index in [0.717, 1.165) is 31.1 Å². The van der Waals surface area contributed by atoms with Crippen LogP contribution in [0.15, 0.2) is 18.2 Å². The number of fused-ring (bicyclic) bond motifs is 1. The second-order valence-corrected chi connectivity index (χ2v) is 4.85. The van der Waals surface area contributed by atoms with E-state index in [1.807, 2.05) is 19.1 Å². The van der Waals surface area contributed by atoms with E-state index in [2.05, 4.69) is 25.2 Å². The number of ether oxygens (including phenoxy) is 2. The lowest BCUT2D eigenvalue weighted by atomic mass is 9.91. The van der Waals surface area contributed by atoms with Crippen LogP contribution in [0.4, 0.5) is 0 Å². The molecule has 0 aliphatic carbocycles. The lowest BCUT2D eigenvalue weighted by Gasteiger charge is -2.32. The molecule has 0 radical (unpaired) electrons. The Morgan fingerprint density at radius 1 is 1.39 bits per heavy atom. The third kappa shape index (κ3) is 2.78. The Kier molecular flexibility index (Phi) is 4.48. The van der Waals surface area contributed by atoms with E-state index in [4.69, 9.17) is 9.47 Å². The van der Waals surface area contributed by atoms with Gasteiger partial charge in [0.05, 0.1) is 13.2 Å². The Balaban J connectivity index is 2.24. The summed E-state index contributed by atoms with van der Waals surface area (Å²) >= 11 is 0. The monoisotopic (exact) mass is 249 g/mol. The first kappa shape index (κ1) is 13.2. The molecule has 1 heterocycles. The summed E-state index contributed by atoms with van der Waals surface area (Å²) in [5, 5.41) is 3.61. The van der Waals surface area contributed by atoms with Gasteiger partial charge in [-0.1, -0.05) is 13.8 Å². The van der Waals surface area contributed by atoms with E-state index >= 15 is 0 Å². The lowest BCUT2D eigenvalue weighted by molar-refractivity contribution is 0.188. The van der Waals surface area contributed by atoms with Gasteiger partial charge in [-0.05, 0) is 38.1 Å². The van der Waals surface area contributed by atoms with E-state index in [1.54, 1.807) is 0 Å². The van der Waals surface area contributed by atoms with Gasteiger partial charge in [-0.15, -0.1) is 0 Å². The second kappa shape index (κ2) is 6.10. The molecule has 100 valence electrons. The van der Waals surface area contributed by atoms with Gasteiger partial charge in [-0.25, -0.2) is 0 Å². The summed E-state index contributed by atoms with van der Waals surface area (Å²) in [4.78, 5) is 0. The topological polar surface area (TPSA) is 30.5 Å². The molecule has 1 aromatic carbocycles. The van der Waals surface area contributed by atoms with Crippen molar-refractivity contribution in [1.29, 1.82) is 0 Å². The van der Waals surface area contributed by atoms with Gasteiger partial charge in [-0.3, -0.25) is 0 Å². The van der Waals surface area contributed by atoms with Crippen LogP contribution in [0.5, 0.6) is 11.5 Å². The van der Waals surface area contributed by atoms with Crippen molar-refractivity contribution in [3.05, 3.63) is 23.8 Å². The fourth-order valence-corrected chi connectivity index (χ4v) is 2.39. The van der Waals surface area contributed by atoms with Crippen LogP contribution in [-0.4, -0.2) is 19.8 Å². The number of hydrogen-bond acceptors (Lipinski definition) is 3. The maximum Gasteiger partial charge on any atom is 0.124 e. The summed E-state index contributed by atoms with van der Waals surface area (Å²) in [6, 6.07) is 6.48. The van der Waals surface area contributed by atoms with E-state index in [1.165, 1.54) is 5.56 Å². The highest BCUT2D eigenvalue weighted by atomic mass is 16.5. The molecule has 18 heavy (non-hydrogen) atoms. The van der Waals surface area contributed by atoms with E-state index in [9.17, 15) is 0 Å². The Hall–Kier alpha value is -1.22. The van der Waals surface area contributed by atoms with Gasteiger partial charge >= 0.3 is 0 Å². The molecule has 0 bridgehead atoms. The predicted molar refractivity (Wildman–Crippen MR) is 73.3 cm³/mol. The Morgan fingerprint density at radius 2 is 2.22 bits per heavy atom. The first-order valence-electron chi connectivity index (χ1n) is 6.89. The minimum Gasteiger partial charge on any atom is -0.494 e. The molecule has 3 nitrogen and oxygen atoms in total. The average molecular weight is 249 g/mol. The van der Waals surface area contributed by atoms with Crippen LogP contribution in [0, 0.1) is 5.92 Å². The molecule has 0 aromatic heterocycles. The van der Waals surface area contributed by atoms with Crippen LogP contribution in [0.2, 0.25) is 0 Å². The van der Waals surface area contributed by atoms with E-state index in [0.29, 0.717) is 18.6 Å². The maximum atomic E-state index is 5.78. The fourth-order valence-electron chi connectivity index (χ4n) is 2.39. The van der Waals surface area contributed by atoms with Crippen LogP contribution < -0.4 is 14.8 Å². The number of hydrogen-bond donors (Lipinski definition) is 1. The largest absolute Gasteiger partial charge is 0.494 e. The van der Waals surface area contributed by atoms with Crippen molar-refractivity contribution >= 4 is 0 Å². The van der Waals surface area contributed by atoms with Crippen LogP contribution in [0.1, 0.15) is 38.8 Å². The molecule has 2 atom stereocenters. The van der Waals surface area contributed by atoms with Crippen molar-refractivity contribution < 1.29 is 9.47 Å². The Labute approximate surface area is 109 Å². The van der Waals surface area contributed by atoms with Crippen LogP contribution in [-0.2, 0) is 0 Å². The smallest absolute Gasteiger partial charge is 0.124 e. The highest BCUT2D eigenvalue weighted by Crippen LogP contribution is 2.37. The number of benzene rings is 1. The molecule has 1 N–H and O–H groups in total. The number of nitrogens with one attached hydrogen (secondary N) is 1. The second-order valence-electron chi connectivity index (χ2n) is 4.85. The van der Waals surface area contributed by atoms with Gasteiger partial charge in [-0.2, -0.15) is 0 Å². The highest BCUT2D eigenvalue weighted by molar-refractivity contribution is 5.43. The Morgan fingerprint density at radius 3 is 2.94 bits per heavy atom. The molecule has 0 spiro atoms. The van der Waals surface area contributed by atoms with Crippen molar-refractivity contribution in [3.63, 3.8) is 0 Å². The maximum absolute atomic E-state index is 5.78. The fraction of sp³-hybridized carbons (Fsp3) is 0.600. The number of rotatable bonds is 5. The van der Waals surface area contributed by atoms with Crippen molar-refractivity contribution in [3.8, 4) is 11.5 Å². The summed E-state index contributed by atoms with van der Waals surface area (Å²) in [6.45, 7) is 8.93. The van der Waals surface area contributed by atoms with Crippen molar-refractivity contribution in [2.24, 2.45) is 5.92 Å². The van der Waals surface area contributed by atoms with Crippen molar-refractivity contribution in [2.45, 2.75) is 33.2 Å². The van der Waals surface area contributed by atoms with Gasteiger partial charge in [0.25, 0.3) is 0 Å². The molecule has 1 aromatic rings. The van der Waals surface area contributed by atoms with Gasteiger partial charge in [0.15, 0.2) is 0 Å². The molecule has 3 heteroatoms. The highest BCUT2D eigenvalue weighted by Gasteiger charge is 2.27. The van der Waals surface area contributed by atoms with Gasteiger partial charge in [0.2, 0.25) is 0 Å². The zero-order chi connectivity index (χ0) is 13.0. The van der Waals surface area contributed by atoms with Crippen LogP contribution >= 0.6 is 0 Å². The molecule has 0 saturated carbocycles. The lowest BCUT2D eigenvalue weighted by Crippen LogP contribution is -2.34. The molecule has 2 rings (SSSR count). The SMILES string of the molecule is CCCNC1c2cc(OCC)ccc2OCC1C. The van der Waals surface area contributed by atoms with E-state index in [-0.39, 0.29) is 0 Å². The third-order valence-corrected chi connectivity index (χ3v) is 3.31. The summed E-state index contributed by atoms with van der Waals surface area (Å²) < 4.78 is 11.4. The summed E-state index contributed by atoms with van der Waals surface area (Å²) in [5.74, 6) is 2.41. The van der Waals surface area contributed by atoms with E-state index < -0.39 is 0 Å². The van der Waals surface area contributed by atoms with Crippen molar-refractivity contribution in [1.82, 2.24) is 5.32 Å². The summed E-state index contributed by atoms with van der Waals surface area (Å²) in [7, 11) is 0. The minimum absolute atomic E-state index is 0.370. The third-order valence-electron chi connectivity index (χ3n) is 3.31. The van der Waals surface area contributed by atoms with Gasteiger partial charge in [0.1, 0.15) is 11.5 Å². The minimum atomic E-state index is 0.370. The molecule has 0 fully saturated rings. The first-order chi connectivity index (χ1) is 8.76. The van der Waals surface area contributed by atoms with Crippen LogP contribution in [0.25, 0.3) is 0 Å². The molecular formula is C15H23NO2. The van der Waals surface area contributed by atoms with Gasteiger partial charge in [0, 0.05) is 17.5 Å². The summed E-state index contributed by atoms with van der Waals surface area (Å²) in [6.07, 6.45) is 1.14. The average Bonchev–Trinajstić information content (AvgIpc) is 2.38. The quantitative estimate of drug-likeness (QED) is 0.869. The first-order valence-corrected chi connectivity index (χ1v) is 6.89. The molecule has 2 unspecified atom stereocenters. The molecule has 0 amide bonds. The summed E-state index contributed by atoms with van der Waals surface area (Å²) in [5.41, 5.74) is 1.23. The molecule has 1 aliphatic rings. The zero-order valence-corrected chi connectivity index (χ0v) is 11.5. The molecule has 0 saturated heterocycles. The molecular weight excluding hydrogens is 226 g/mol. The Bertz CT molecular complexity index is 392. The van der Waals surface area contributed by atoms with Gasteiger partial charge < -0.3 is 14.8 Å². The normalized spacial score (nSPS) is 22.2.